The highest BCUT2D eigenvalue weighted by Crippen LogP contribution is 2.12. The van der Waals surface area contributed by atoms with Crippen molar-refractivity contribution in [1.82, 2.24) is 14.2 Å². The van der Waals surface area contributed by atoms with Crippen molar-refractivity contribution < 1.29 is 4.39 Å². The van der Waals surface area contributed by atoms with Gasteiger partial charge in [-0.15, -0.1) is 0 Å². The molecule has 0 amide bonds. The molecule has 102 valence electrons. The molecule has 3 aromatic rings. The van der Waals surface area contributed by atoms with Gasteiger partial charge in [-0.1, -0.05) is 6.07 Å². The van der Waals surface area contributed by atoms with E-state index in [0.717, 1.165) is 5.69 Å². The summed E-state index contributed by atoms with van der Waals surface area (Å²) >= 11 is 0. The van der Waals surface area contributed by atoms with E-state index in [1.165, 1.54) is 15.1 Å². The average molecular weight is 272 g/mol. The summed E-state index contributed by atoms with van der Waals surface area (Å²) in [5.41, 5.74) is 7.32. The number of fused-ring (bicyclic) bond motifs is 1. The van der Waals surface area contributed by atoms with Gasteiger partial charge in [0, 0.05) is 23.6 Å². The molecule has 2 N–H and O–H groups in total. The number of benzene rings is 1. The Morgan fingerprint density at radius 3 is 2.85 bits per heavy atom. The van der Waals surface area contributed by atoms with Crippen molar-refractivity contribution in [3.63, 3.8) is 0 Å². The molecule has 0 spiro atoms. The van der Waals surface area contributed by atoms with Crippen LogP contribution >= 0.6 is 0 Å². The number of aryl methyl sites for hydroxylation is 1. The largest absolute Gasteiger partial charge is 0.399 e. The monoisotopic (exact) mass is 272 g/mol. The number of rotatable bonds is 2. The minimum Gasteiger partial charge on any atom is -0.399 e. The third-order valence-electron chi connectivity index (χ3n) is 3.14. The van der Waals surface area contributed by atoms with Gasteiger partial charge in [0.15, 0.2) is 0 Å². The first-order valence-electron chi connectivity index (χ1n) is 6.14. The summed E-state index contributed by atoms with van der Waals surface area (Å²) in [6.45, 7) is 1.97. The van der Waals surface area contributed by atoms with Crippen molar-refractivity contribution in [1.29, 1.82) is 0 Å². The lowest BCUT2D eigenvalue weighted by molar-refractivity contribution is 0.596. The second-order valence-electron chi connectivity index (χ2n) is 4.70. The van der Waals surface area contributed by atoms with Crippen LogP contribution < -0.4 is 11.3 Å². The van der Waals surface area contributed by atoms with Crippen LogP contribution in [0.5, 0.6) is 0 Å². The molecule has 20 heavy (non-hydrogen) atoms. The molecule has 0 fully saturated rings. The van der Waals surface area contributed by atoms with E-state index in [2.05, 4.69) is 5.10 Å². The number of nitrogens with two attached hydrogens (primary N) is 1. The molecule has 0 radical (unpaired) electrons. The van der Waals surface area contributed by atoms with Crippen LogP contribution in [0.2, 0.25) is 0 Å². The minimum absolute atomic E-state index is 0.158. The maximum Gasteiger partial charge on any atom is 0.276 e. The zero-order chi connectivity index (χ0) is 14.3. The van der Waals surface area contributed by atoms with Gasteiger partial charge >= 0.3 is 0 Å². The van der Waals surface area contributed by atoms with Crippen LogP contribution in [0.25, 0.3) is 5.52 Å². The summed E-state index contributed by atoms with van der Waals surface area (Å²) in [5.74, 6) is -0.415. The maximum absolute atomic E-state index is 13.8. The van der Waals surface area contributed by atoms with Crippen LogP contribution in [0.4, 0.5) is 10.1 Å². The Hall–Kier alpha value is -2.63. The minimum atomic E-state index is -0.415. The maximum atomic E-state index is 13.8. The molecule has 2 aromatic heterocycles. The summed E-state index contributed by atoms with van der Waals surface area (Å²) in [4.78, 5) is 12.3. The molecule has 6 heteroatoms. The first-order valence-corrected chi connectivity index (χ1v) is 6.14. The summed E-state index contributed by atoms with van der Waals surface area (Å²) in [6, 6.07) is 6.16. The smallest absolute Gasteiger partial charge is 0.276 e. The summed E-state index contributed by atoms with van der Waals surface area (Å²) in [7, 11) is 0. The summed E-state index contributed by atoms with van der Waals surface area (Å²) in [6.07, 6.45) is 3.27. The van der Waals surface area contributed by atoms with Crippen molar-refractivity contribution in [2.45, 2.75) is 13.5 Å². The molecule has 0 saturated heterocycles. The zero-order valence-electron chi connectivity index (χ0n) is 10.9. The Kier molecular flexibility index (Phi) is 2.78. The topological polar surface area (TPSA) is 65.3 Å². The molecule has 0 saturated carbocycles. The Bertz CT molecular complexity index is 850. The van der Waals surface area contributed by atoms with Crippen LogP contribution in [0, 0.1) is 12.7 Å². The second-order valence-corrected chi connectivity index (χ2v) is 4.70. The molecular formula is C14H13FN4O. The number of nitrogen functional groups attached to an aromatic ring is 1. The lowest BCUT2D eigenvalue weighted by Gasteiger charge is -2.07. The first-order chi connectivity index (χ1) is 9.54. The van der Waals surface area contributed by atoms with Gasteiger partial charge in [0.05, 0.1) is 12.2 Å². The van der Waals surface area contributed by atoms with Gasteiger partial charge in [0.25, 0.3) is 5.56 Å². The van der Waals surface area contributed by atoms with E-state index < -0.39 is 5.82 Å². The molecule has 5 nitrogen and oxygen atoms in total. The van der Waals surface area contributed by atoms with E-state index in [1.807, 2.05) is 6.92 Å². The van der Waals surface area contributed by atoms with Crippen LogP contribution in [0.1, 0.15) is 11.3 Å². The normalized spacial score (nSPS) is 11.1. The van der Waals surface area contributed by atoms with E-state index >= 15 is 0 Å². The Morgan fingerprint density at radius 2 is 2.10 bits per heavy atom. The fraction of sp³-hybridized carbons (Fsp3) is 0.143. The average Bonchev–Trinajstić information content (AvgIpc) is 2.77. The van der Waals surface area contributed by atoms with Gasteiger partial charge in [-0.25, -0.2) is 8.91 Å². The third-order valence-corrected chi connectivity index (χ3v) is 3.14. The fourth-order valence-corrected chi connectivity index (χ4v) is 2.15. The van der Waals surface area contributed by atoms with Crippen molar-refractivity contribution in [2.75, 3.05) is 5.73 Å². The molecule has 0 bridgehead atoms. The van der Waals surface area contributed by atoms with Gasteiger partial charge in [-0.3, -0.25) is 4.79 Å². The van der Waals surface area contributed by atoms with Crippen molar-refractivity contribution in [3.05, 3.63) is 64.1 Å². The Balaban J connectivity index is 2.06. The highest BCUT2D eigenvalue weighted by molar-refractivity contribution is 5.45. The van der Waals surface area contributed by atoms with E-state index in [9.17, 15) is 9.18 Å². The number of halogens is 1. The molecule has 2 heterocycles. The van der Waals surface area contributed by atoms with E-state index in [0.29, 0.717) is 16.8 Å². The highest BCUT2D eigenvalue weighted by Gasteiger charge is 2.08. The van der Waals surface area contributed by atoms with Crippen LogP contribution in [-0.2, 0) is 6.54 Å². The Morgan fingerprint density at radius 1 is 1.30 bits per heavy atom. The Labute approximate surface area is 114 Å². The molecular weight excluding hydrogens is 259 g/mol. The number of aromatic nitrogens is 3. The number of nitrogens with zero attached hydrogens (tertiary/aromatic N) is 3. The van der Waals surface area contributed by atoms with Gasteiger partial charge in [0.2, 0.25) is 0 Å². The van der Waals surface area contributed by atoms with Gasteiger partial charge < -0.3 is 10.3 Å². The molecule has 0 atom stereocenters. The molecule has 3 rings (SSSR count). The third kappa shape index (κ3) is 2.05. The van der Waals surface area contributed by atoms with Crippen LogP contribution in [0.3, 0.4) is 0 Å². The predicted octanol–water partition coefficient (Wildman–Crippen LogP) is 1.57. The predicted molar refractivity (Wildman–Crippen MR) is 74.1 cm³/mol. The number of anilines is 1. The van der Waals surface area contributed by atoms with E-state index in [1.54, 1.807) is 30.6 Å². The van der Waals surface area contributed by atoms with Crippen molar-refractivity contribution >= 4 is 11.2 Å². The van der Waals surface area contributed by atoms with Gasteiger partial charge in [-0.05, 0) is 25.1 Å². The number of hydrogen-bond acceptors (Lipinski definition) is 3. The lowest BCUT2D eigenvalue weighted by atomic mass is 10.2. The standard InChI is InChI=1S/C14H13FN4O/c1-9-6-13-14(20)18(4-5-19(13)17-9)8-10-2-3-11(16)7-12(10)15/h2-7H,8,16H2,1H3. The van der Waals surface area contributed by atoms with Gasteiger partial charge in [-0.2, -0.15) is 5.10 Å². The van der Waals surface area contributed by atoms with Crippen molar-refractivity contribution in [3.8, 4) is 0 Å². The highest BCUT2D eigenvalue weighted by atomic mass is 19.1. The van der Waals surface area contributed by atoms with Gasteiger partial charge in [0.1, 0.15) is 11.3 Å². The SMILES string of the molecule is Cc1cc2c(=O)n(Cc3ccc(N)cc3F)ccn2n1. The van der Waals surface area contributed by atoms with Crippen molar-refractivity contribution in [2.24, 2.45) is 0 Å². The molecule has 0 aliphatic heterocycles. The molecule has 1 aromatic carbocycles. The van der Waals surface area contributed by atoms with Crippen LogP contribution in [0.15, 0.2) is 41.5 Å². The molecule has 0 aliphatic carbocycles. The molecule has 0 unspecified atom stereocenters. The number of hydrogen-bond donors (Lipinski definition) is 1. The fourth-order valence-electron chi connectivity index (χ4n) is 2.15. The summed E-state index contributed by atoms with van der Waals surface area (Å²) < 4.78 is 16.7. The van der Waals surface area contributed by atoms with E-state index in [4.69, 9.17) is 5.73 Å². The quantitative estimate of drug-likeness (QED) is 0.720. The zero-order valence-corrected chi connectivity index (χ0v) is 10.9. The molecule has 0 aliphatic rings. The second kappa shape index (κ2) is 4.48. The first kappa shape index (κ1) is 12.4. The lowest BCUT2D eigenvalue weighted by Crippen LogP contribution is -2.22. The summed E-state index contributed by atoms with van der Waals surface area (Å²) in [5, 5.41) is 4.16. The van der Waals surface area contributed by atoms with E-state index in [-0.39, 0.29) is 12.1 Å². The van der Waals surface area contributed by atoms with Crippen LogP contribution in [-0.4, -0.2) is 14.2 Å².